The summed E-state index contributed by atoms with van der Waals surface area (Å²) < 4.78 is 37.1. The number of rotatable bonds is 6. The highest BCUT2D eigenvalue weighted by molar-refractivity contribution is 5.95. The number of carbonyl (C=O) groups excluding carboxylic acids is 2. The lowest BCUT2D eigenvalue weighted by molar-refractivity contribution is -0.134. The van der Waals surface area contributed by atoms with Gasteiger partial charge in [0.1, 0.15) is 6.54 Å². The first kappa shape index (κ1) is 23.8. The van der Waals surface area contributed by atoms with Gasteiger partial charge < -0.3 is 15.1 Å². The monoisotopic (exact) mass is 467 g/mol. The summed E-state index contributed by atoms with van der Waals surface area (Å²) in [6.45, 7) is 5.43. The molecule has 1 aromatic rings. The maximum atomic E-state index is 12.8. The van der Waals surface area contributed by atoms with E-state index in [2.05, 4.69) is 14.7 Å². The van der Waals surface area contributed by atoms with E-state index < -0.39 is 18.6 Å². The van der Waals surface area contributed by atoms with Crippen molar-refractivity contribution in [3.63, 3.8) is 0 Å². The van der Waals surface area contributed by atoms with Crippen molar-refractivity contribution in [1.82, 2.24) is 20.0 Å². The predicted molar refractivity (Wildman–Crippen MR) is 119 cm³/mol. The Morgan fingerprint density at radius 2 is 1.67 bits per heavy atom. The molecule has 2 aliphatic heterocycles. The number of hydrogen-bond acceptors (Lipinski definition) is 5. The molecule has 1 aromatic carbocycles. The molecule has 33 heavy (non-hydrogen) atoms. The van der Waals surface area contributed by atoms with Crippen molar-refractivity contribution in [2.75, 3.05) is 70.3 Å². The van der Waals surface area contributed by atoms with Crippen LogP contribution in [-0.4, -0.2) is 104 Å². The number of carbonyl (C=O) groups is 2. The average molecular weight is 468 g/mol. The molecule has 1 N–H and O–H groups in total. The molecule has 0 aromatic heterocycles. The number of piperazine rings is 2. The van der Waals surface area contributed by atoms with Gasteiger partial charge in [-0.1, -0.05) is 12.5 Å². The van der Waals surface area contributed by atoms with Crippen LogP contribution in [0.1, 0.15) is 29.6 Å². The average Bonchev–Trinajstić information content (AvgIpc) is 2.77. The van der Waals surface area contributed by atoms with Crippen molar-refractivity contribution in [3.8, 4) is 0 Å². The van der Waals surface area contributed by atoms with Gasteiger partial charge >= 0.3 is 6.18 Å². The summed E-state index contributed by atoms with van der Waals surface area (Å²) in [5.41, 5.74) is 1.00. The van der Waals surface area contributed by atoms with E-state index in [-0.39, 0.29) is 11.5 Å². The van der Waals surface area contributed by atoms with Crippen LogP contribution in [0.2, 0.25) is 0 Å². The maximum absolute atomic E-state index is 12.8. The lowest BCUT2D eigenvalue weighted by atomic mass is 9.91. The normalized spacial score (nSPS) is 21.1. The van der Waals surface area contributed by atoms with Gasteiger partial charge in [0.05, 0.1) is 6.54 Å². The molecular formula is C23H32F3N5O2. The largest absolute Gasteiger partial charge is 0.405 e. The molecule has 0 radical (unpaired) electrons. The van der Waals surface area contributed by atoms with Crippen molar-refractivity contribution in [2.24, 2.45) is 0 Å². The van der Waals surface area contributed by atoms with Crippen molar-refractivity contribution < 1.29 is 22.8 Å². The Labute approximate surface area is 192 Å². The molecule has 2 saturated heterocycles. The Balaban J connectivity index is 1.22. The third kappa shape index (κ3) is 6.38. The Kier molecular flexibility index (Phi) is 7.43. The lowest BCUT2D eigenvalue weighted by Crippen LogP contribution is -2.56. The minimum Gasteiger partial charge on any atom is -0.369 e. The topological polar surface area (TPSA) is 59.1 Å². The van der Waals surface area contributed by atoms with Crippen molar-refractivity contribution in [1.29, 1.82) is 0 Å². The van der Waals surface area contributed by atoms with E-state index >= 15 is 0 Å². The summed E-state index contributed by atoms with van der Waals surface area (Å²) in [6, 6.07) is 7.38. The molecule has 0 spiro atoms. The van der Waals surface area contributed by atoms with E-state index in [1.807, 2.05) is 16.3 Å². The minimum atomic E-state index is -4.44. The number of alkyl halides is 3. The van der Waals surface area contributed by atoms with Gasteiger partial charge in [-0.25, -0.2) is 0 Å². The third-order valence-corrected chi connectivity index (χ3v) is 6.91. The fraction of sp³-hybridized carbons (Fsp3) is 0.652. The van der Waals surface area contributed by atoms with Crippen LogP contribution in [0.25, 0.3) is 0 Å². The Bertz CT molecular complexity index is 830. The number of benzene rings is 1. The van der Waals surface area contributed by atoms with E-state index in [0.29, 0.717) is 19.6 Å². The number of amides is 2. The molecule has 2 heterocycles. The van der Waals surface area contributed by atoms with Crippen LogP contribution < -0.4 is 10.2 Å². The van der Waals surface area contributed by atoms with Crippen molar-refractivity contribution in [3.05, 3.63) is 29.8 Å². The number of anilines is 1. The number of nitrogens with one attached hydrogen (secondary N) is 1. The van der Waals surface area contributed by atoms with Crippen LogP contribution in [0, 0.1) is 0 Å². The van der Waals surface area contributed by atoms with Crippen LogP contribution in [0.5, 0.6) is 0 Å². The lowest BCUT2D eigenvalue weighted by Gasteiger charge is -2.43. The SMILES string of the molecule is O=C(NCC(F)(F)F)c1cccc(N2CCN(CC(=O)N3CCN(C4CCC4)CC3)CC2)c1. The Morgan fingerprint density at radius 1 is 0.970 bits per heavy atom. The molecule has 1 aliphatic carbocycles. The Morgan fingerprint density at radius 3 is 2.27 bits per heavy atom. The van der Waals surface area contributed by atoms with Crippen LogP contribution in [-0.2, 0) is 4.79 Å². The van der Waals surface area contributed by atoms with Crippen molar-refractivity contribution >= 4 is 17.5 Å². The quantitative estimate of drug-likeness (QED) is 0.692. The van der Waals surface area contributed by atoms with Crippen LogP contribution in [0.4, 0.5) is 18.9 Å². The van der Waals surface area contributed by atoms with E-state index in [1.54, 1.807) is 12.1 Å². The van der Waals surface area contributed by atoms with E-state index in [1.165, 1.54) is 25.3 Å². The van der Waals surface area contributed by atoms with Gasteiger partial charge in [-0.2, -0.15) is 13.2 Å². The maximum Gasteiger partial charge on any atom is 0.405 e. The highest BCUT2D eigenvalue weighted by Crippen LogP contribution is 2.25. The molecule has 1 saturated carbocycles. The first-order valence-electron chi connectivity index (χ1n) is 11.7. The highest BCUT2D eigenvalue weighted by atomic mass is 19.4. The summed E-state index contributed by atoms with van der Waals surface area (Å²) in [7, 11) is 0. The molecule has 3 fully saturated rings. The molecule has 4 rings (SSSR count). The second-order valence-corrected chi connectivity index (χ2v) is 9.11. The van der Waals surface area contributed by atoms with E-state index in [4.69, 9.17) is 0 Å². The molecular weight excluding hydrogens is 435 g/mol. The fourth-order valence-electron chi connectivity index (χ4n) is 4.67. The predicted octanol–water partition coefficient (Wildman–Crippen LogP) is 1.80. The summed E-state index contributed by atoms with van der Waals surface area (Å²) in [4.78, 5) is 33.5. The van der Waals surface area contributed by atoms with Crippen molar-refractivity contribution in [2.45, 2.75) is 31.5 Å². The van der Waals surface area contributed by atoms with Gasteiger partial charge in [0, 0.05) is 69.7 Å². The van der Waals surface area contributed by atoms with Gasteiger partial charge in [0.2, 0.25) is 5.91 Å². The van der Waals surface area contributed by atoms with E-state index in [9.17, 15) is 22.8 Å². The van der Waals surface area contributed by atoms with Gasteiger partial charge in [-0.3, -0.25) is 19.4 Å². The third-order valence-electron chi connectivity index (χ3n) is 6.91. The van der Waals surface area contributed by atoms with Crippen LogP contribution in [0.3, 0.4) is 0 Å². The summed E-state index contributed by atoms with van der Waals surface area (Å²) >= 11 is 0. The van der Waals surface area contributed by atoms with Gasteiger partial charge in [-0.15, -0.1) is 0 Å². The zero-order chi connectivity index (χ0) is 23.4. The molecule has 10 heteroatoms. The zero-order valence-electron chi connectivity index (χ0n) is 18.8. The minimum absolute atomic E-state index is 0.181. The van der Waals surface area contributed by atoms with Gasteiger partial charge in [-0.05, 0) is 31.0 Å². The molecule has 3 aliphatic rings. The molecule has 0 bridgehead atoms. The second kappa shape index (κ2) is 10.3. The molecule has 2 amide bonds. The first-order chi connectivity index (χ1) is 15.8. The Hall–Kier alpha value is -2.33. The van der Waals surface area contributed by atoms with E-state index in [0.717, 1.165) is 51.0 Å². The number of hydrogen-bond donors (Lipinski definition) is 1. The fourth-order valence-corrected chi connectivity index (χ4v) is 4.67. The molecule has 0 atom stereocenters. The van der Waals surface area contributed by atoms with Gasteiger partial charge in [0.15, 0.2) is 0 Å². The van der Waals surface area contributed by atoms with Gasteiger partial charge in [0.25, 0.3) is 5.91 Å². The second-order valence-electron chi connectivity index (χ2n) is 9.11. The summed E-state index contributed by atoms with van der Waals surface area (Å²) in [6.07, 6.45) is -0.532. The standard InChI is InChI=1S/C23H32F3N5O2/c24-23(25,26)17-27-22(33)18-3-1-6-20(15-18)30-9-7-28(8-10-30)16-21(32)31-13-11-29(12-14-31)19-4-2-5-19/h1,3,6,15,19H,2,4-5,7-14,16-17H2,(H,27,33). The molecule has 7 nitrogen and oxygen atoms in total. The summed E-state index contributed by atoms with van der Waals surface area (Å²) in [5, 5.41) is 1.91. The zero-order valence-corrected chi connectivity index (χ0v) is 18.8. The molecule has 182 valence electrons. The summed E-state index contributed by atoms with van der Waals surface area (Å²) in [5.74, 6) is -0.559. The highest BCUT2D eigenvalue weighted by Gasteiger charge is 2.30. The van der Waals surface area contributed by atoms with Crippen LogP contribution >= 0.6 is 0 Å². The number of halogens is 3. The smallest absolute Gasteiger partial charge is 0.369 e. The number of nitrogens with zero attached hydrogens (tertiary/aromatic N) is 4. The molecule has 0 unspecified atom stereocenters. The first-order valence-corrected chi connectivity index (χ1v) is 11.7. The van der Waals surface area contributed by atoms with Crippen LogP contribution in [0.15, 0.2) is 24.3 Å².